The number of aryl methyl sites for hydroxylation is 1. The number of rotatable bonds is 8. The highest BCUT2D eigenvalue weighted by Gasteiger charge is 2.30. The zero-order valence-corrected chi connectivity index (χ0v) is 20.3. The van der Waals surface area contributed by atoms with Crippen LogP contribution in [-0.2, 0) is 17.5 Å². The third kappa shape index (κ3) is 5.66. The quantitative estimate of drug-likeness (QED) is 0.205. The van der Waals surface area contributed by atoms with Crippen molar-refractivity contribution in [2.24, 2.45) is 0 Å². The number of carbonyl (C=O) groups excluding carboxylic acids is 1. The molecule has 0 unspecified atom stereocenters. The van der Waals surface area contributed by atoms with E-state index in [-0.39, 0.29) is 11.4 Å². The molecule has 0 radical (unpaired) electrons. The van der Waals surface area contributed by atoms with Crippen LogP contribution in [0, 0.1) is 6.92 Å². The second-order valence-corrected chi connectivity index (χ2v) is 9.59. The van der Waals surface area contributed by atoms with Crippen molar-refractivity contribution in [3.05, 3.63) is 83.1 Å². The predicted molar refractivity (Wildman–Crippen MR) is 135 cm³/mol. The molecule has 5 nitrogen and oxygen atoms in total. The zero-order chi connectivity index (χ0) is 25.0. The van der Waals surface area contributed by atoms with Gasteiger partial charge < -0.3 is 5.32 Å². The molecule has 2 aromatic carbocycles. The number of alkyl halides is 3. The molecule has 35 heavy (non-hydrogen) atoms. The van der Waals surface area contributed by atoms with Crippen molar-refractivity contribution in [3.63, 3.8) is 0 Å². The Labute approximate surface area is 208 Å². The van der Waals surface area contributed by atoms with Crippen LogP contribution in [0.3, 0.4) is 0 Å². The fraction of sp³-hybridized carbons (Fsp3) is 0.160. The lowest BCUT2D eigenvalue weighted by molar-refractivity contribution is -0.137. The summed E-state index contributed by atoms with van der Waals surface area (Å²) in [5, 5.41) is 13.8. The van der Waals surface area contributed by atoms with Crippen molar-refractivity contribution in [2.45, 2.75) is 24.8 Å². The van der Waals surface area contributed by atoms with E-state index in [2.05, 4.69) is 29.0 Å². The van der Waals surface area contributed by atoms with Gasteiger partial charge in [-0.3, -0.25) is 9.36 Å². The third-order valence-electron chi connectivity index (χ3n) is 5.11. The van der Waals surface area contributed by atoms with Gasteiger partial charge in [-0.05, 0) is 30.7 Å². The molecule has 0 saturated carbocycles. The molecule has 0 spiro atoms. The van der Waals surface area contributed by atoms with E-state index in [1.165, 1.54) is 12.1 Å². The highest BCUT2D eigenvalue weighted by molar-refractivity contribution is 7.99. The summed E-state index contributed by atoms with van der Waals surface area (Å²) in [5.74, 6) is 0.175. The first-order valence-electron chi connectivity index (χ1n) is 10.6. The van der Waals surface area contributed by atoms with Crippen LogP contribution in [0.2, 0.25) is 0 Å². The van der Waals surface area contributed by atoms with E-state index in [1.54, 1.807) is 17.4 Å². The standard InChI is InChI=1S/C25H21F3N4OS2/c1-3-12-32-23(20-14-34-16(2)22(20)17-8-5-4-6-9-17)30-31-24(32)35-15-21(33)29-19-11-7-10-18(13-19)25(26,27)28/h3-11,13-14H,1,12,15H2,2H3,(H,29,33). The van der Waals surface area contributed by atoms with Crippen LogP contribution in [0.15, 0.2) is 77.8 Å². The third-order valence-corrected chi connectivity index (χ3v) is 6.99. The van der Waals surface area contributed by atoms with Gasteiger partial charge in [0.15, 0.2) is 11.0 Å². The minimum atomic E-state index is -4.48. The van der Waals surface area contributed by atoms with Crippen molar-refractivity contribution in [1.82, 2.24) is 14.8 Å². The number of thiophene rings is 1. The second-order valence-electron chi connectivity index (χ2n) is 7.57. The van der Waals surface area contributed by atoms with Crippen LogP contribution in [0.5, 0.6) is 0 Å². The molecular weight excluding hydrogens is 493 g/mol. The van der Waals surface area contributed by atoms with E-state index < -0.39 is 17.6 Å². The van der Waals surface area contributed by atoms with Gasteiger partial charge in [0.05, 0.1) is 11.3 Å². The summed E-state index contributed by atoms with van der Waals surface area (Å²) in [6.45, 7) is 6.31. The van der Waals surface area contributed by atoms with Gasteiger partial charge in [0.2, 0.25) is 5.91 Å². The molecule has 2 heterocycles. The molecule has 0 atom stereocenters. The van der Waals surface area contributed by atoms with Gasteiger partial charge in [0, 0.05) is 33.6 Å². The lowest BCUT2D eigenvalue weighted by atomic mass is 10.0. The number of hydrogen-bond donors (Lipinski definition) is 1. The normalized spacial score (nSPS) is 11.4. The Kier molecular flexibility index (Phi) is 7.42. The lowest BCUT2D eigenvalue weighted by Gasteiger charge is -2.11. The Balaban J connectivity index is 1.54. The van der Waals surface area contributed by atoms with Crippen molar-refractivity contribution >= 4 is 34.7 Å². The molecule has 0 saturated heterocycles. The summed E-state index contributed by atoms with van der Waals surface area (Å²) in [7, 11) is 0. The van der Waals surface area contributed by atoms with Crippen LogP contribution in [0.4, 0.5) is 18.9 Å². The second kappa shape index (κ2) is 10.5. The number of carbonyl (C=O) groups is 1. The van der Waals surface area contributed by atoms with Gasteiger partial charge >= 0.3 is 6.18 Å². The number of hydrogen-bond acceptors (Lipinski definition) is 5. The van der Waals surface area contributed by atoms with Gasteiger partial charge in [0.25, 0.3) is 0 Å². The number of anilines is 1. The van der Waals surface area contributed by atoms with Gasteiger partial charge in [-0.15, -0.1) is 28.1 Å². The van der Waals surface area contributed by atoms with E-state index in [9.17, 15) is 18.0 Å². The molecule has 0 aliphatic rings. The molecule has 180 valence electrons. The van der Waals surface area contributed by atoms with Gasteiger partial charge in [-0.1, -0.05) is 54.2 Å². The molecule has 0 bridgehead atoms. The molecule has 1 N–H and O–H groups in total. The number of nitrogens with zero attached hydrogens (tertiary/aromatic N) is 3. The molecule has 4 rings (SSSR count). The predicted octanol–water partition coefficient (Wildman–Crippen LogP) is 6.92. The summed E-state index contributed by atoms with van der Waals surface area (Å²) in [6.07, 6.45) is -2.76. The molecule has 4 aromatic rings. The monoisotopic (exact) mass is 514 g/mol. The van der Waals surface area contributed by atoms with Gasteiger partial charge in [-0.25, -0.2) is 0 Å². The average molecular weight is 515 g/mol. The van der Waals surface area contributed by atoms with Crippen LogP contribution in [0.1, 0.15) is 10.4 Å². The topological polar surface area (TPSA) is 59.8 Å². The van der Waals surface area contributed by atoms with Gasteiger partial charge in [0.1, 0.15) is 0 Å². The van der Waals surface area contributed by atoms with Crippen LogP contribution in [0.25, 0.3) is 22.5 Å². The van der Waals surface area contributed by atoms with Crippen molar-refractivity contribution < 1.29 is 18.0 Å². The number of nitrogens with one attached hydrogen (secondary N) is 1. The number of aromatic nitrogens is 3. The summed E-state index contributed by atoms with van der Waals surface area (Å²) < 4.78 is 40.7. The van der Waals surface area contributed by atoms with E-state index in [1.807, 2.05) is 40.3 Å². The molecule has 0 aliphatic carbocycles. The van der Waals surface area contributed by atoms with Gasteiger partial charge in [-0.2, -0.15) is 13.2 Å². The smallest absolute Gasteiger partial charge is 0.325 e. The molecule has 2 aromatic heterocycles. The zero-order valence-electron chi connectivity index (χ0n) is 18.7. The fourth-order valence-electron chi connectivity index (χ4n) is 3.57. The SMILES string of the molecule is C=CCn1c(SCC(=O)Nc2cccc(C(F)(F)F)c2)nnc1-c1csc(C)c1-c1ccccc1. The molecule has 1 amide bonds. The number of halogens is 3. The first-order chi connectivity index (χ1) is 16.8. The van der Waals surface area contributed by atoms with Crippen molar-refractivity contribution in [3.8, 4) is 22.5 Å². The highest BCUT2D eigenvalue weighted by atomic mass is 32.2. The Morgan fingerprint density at radius 1 is 1.17 bits per heavy atom. The van der Waals surface area contributed by atoms with Crippen LogP contribution >= 0.6 is 23.1 Å². The van der Waals surface area contributed by atoms with Crippen LogP contribution in [-0.4, -0.2) is 26.4 Å². The maximum absolute atomic E-state index is 12.9. The molecule has 10 heteroatoms. The maximum Gasteiger partial charge on any atom is 0.416 e. The lowest BCUT2D eigenvalue weighted by Crippen LogP contribution is -2.15. The number of thioether (sulfide) groups is 1. The largest absolute Gasteiger partial charge is 0.416 e. The first kappa shape index (κ1) is 24.7. The molecular formula is C25H21F3N4OS2. The Morgan fingerprint density at radius 2 is 1.94 bits per heavy atom. The Morgan fingerprint density at radius 3 is 2.66 bits per heavy atom. The first-order valence-corrected chi connectivity index (χ1v) is 12.4. The minimum absolute atomic E-state index is 0.0419. The van der Waals surface area contributed by atoms with E-state index in [0.717, 1.165) is 45.5 Å². The molecule has 0 fully saturated rings. The fourth-order valence-corrected chi connectivity index (χ4v) is 5.18. The summed E-state index contributed by atoms with van der Waals surface area (Å²) in [6, 6.07) is 14.5. The minimum Gasteiger partial charge on any atom is -0.325 e. The summed E-state index contributed by atoms with van der Waals surface area (Å²) in [4.78, 5) is 13.6. The summed E-state index contributed by atoms with van der Waals surface area (Å²) >= 11 is 2.78. The number of benzene rings is 2. The Hall–Kier alpha value is -3.37. The van der Waals surface area contributed by atoms with E-state index in [0.29, 0.717) is 17.5 Å². The van der Waals surface area contributed by atoms with Crippen molar-refractivity contribution in [1.29, 1.82) is 0 Å². The molecule has 0 aliphatic heterocycles. The van der Waals surface area contributed by atoms with Crippen LogP contribution < -0.4 is 5.32 Å². The van der Waals surface area contributed by atoms with E-state index in [4.69, 9.17) is 0 Å². The summed E-state index contributed by atoms with van der Waals surface area (Å²) in [5.41, 5.74) is 2.35. The average Bonchev–Trinajstić information content (AvgIpc) is 3.41. The number of allylic oxidation sites excluding steroid dienone is 1. The van der Waals surface area contributed by atoms with E-state index >= 15 is 0 Å². The number of amides is 1. The maximum atomic E-state index is 12.9. The Bertz CT molecular complexity index is 1350. The highest BCUT2D eigenvalue weighted by Crippen LogP contribution is 2.39. The van der Waals surface area contributed by atoms with Crippen molar-refractivity contribution in [2.75, 3.05) is 11.1 Å².